The number of aromatic nitrogens is 2. The number of anilines is 2. The fourth-order valence-corrected chi connectivity index (χ4v) is 5.97. The van der Waals surface area contributed by atoms with Crippen molar-refractivity contribution in [3.05, 3.63) is 64.7 Å². The van der Waals surface area contributed by atoms with Gasteiger partial charge in [0, 0.05) is 18.5 Å². The number of rotatable bonds is 6. The summed E-state index contributed by atoms with van der Waals surface area (Å²) in [4.78, 5) is 12.8. The third kappa shape index (κ3) is 4.83. The van der Waals surface area contributed by atoms with Gasteiger partial charge in [0.2, 0.25) is 5.13 Å². The maximum Gasteiger partial charge on any atom is 0.264 e. The van der Waals surface area contributed by atoms with E-state index in [0.717, 1.165) is 23.4 Å². The van der Waals surface area contributed by atoms with Crippen LogP contribution in [0.5, 0.6) is 0 Å². The van der Waals surface area contributed by atoms with Crippen molar-refractivity contribution in [2.45, 2.75) is 49.8 Å². The minimum Gasteiger partial charge on any atom is -0.296 e. The van der Waals surface area contributed by atoms with Gasteiger partial charge < -0.3 is 0 Å². The third-order valence-corrected chi connectivity index (χ3v) is 8.55. The summed E-state index contributed by atoms with van der Waals surface area (Å²) in [6.07, 6.45) is 5.87. The molecule has 1 aromatic heterocycles. The minimum atomic E-state index is -3.82. The molecular formula is C23H26N4O3S2. The molecule has 0 aliphatic heterocycles. The Morgan fingerprint density at radius 2 is 1.78 bits per heavy atom. The molecule has 4 rings (SSSR count). The van der Waals surface area contributed by atoms with E-state index in [1.165, 1.54) is 54.1 Å². The monoisotopic (exact) mass is 470 g/mol. The van der Waals surface area contributed by atoms with E-state index < -0.39 is 15.9 Å². The Morgan fingerprint density at radius 1 is 1.06 bits per heavy atom. The Morgan fingerprint density at radius 3 is 2.50 bits per heavy atom. The lowest BCUT2D eigenvalue weighted by molar-refractivity contribution is 0.102. The first-order valence-corrected chi connectivity index (χ1v) is 12.9. The van der Waals surface area contributed by atoms with E-state index in [4.69, 9.17) is 0 Å². The molecule has 0 unspecified atom stereocenters. The number of amides is 1. The molecule has 0 bridgehead atoms. The lowest BCUT2D eigenvalue weighted by Crippen LogP contribution is -2.26. The second kappa shape index (κ2) is 9.38. The van der Waals surface area contributed by atoms with Crippen LogP contribution in [0.1, 0.15) is 59.0 Å². The minimum absolute atomic E-state index is 0.0494. The van der Waals surface area contributed by atoms with Crippen molar-refractivity contribution in [1.29, 1.82) is 0 Å². The Hall–Kier alpha value is -2.78. The van der Waals surface area contributed by atoms with Crippen LogP contribution in [-0.4, -0.2) is 31.6 Å². The number of aryl methyl sites for hydroxylation is 1. The zero-order chi connectivity index (χ0) is 22.7. The Bertz CT molecular complexity index is 1200. The second-order valence-corrected chi connectivity index (χ2v) is 11.0. The smallest absolute Gasteiger partial charge is 0.264 e. The van der Waals surface area contributed by atoms with Gasteiger partial charge in [-0.1, -0.05) is 54.4 Å². The van der Waals surface area contributed by atoms with E-state index in [0.29, 0.717) is 16.7 Å². The van der Waals surface area contributed by atoms with Crippen LogP contribution in [0.15, 0.2) is 53.4 Å². The molecule has 1 saturated carbocycles. The van der Waals surface area contributed by atoms with Gasteiger partial charge in [-0.25, -0.2) is 8.42 Å². The van der Waals surface area contributed by atoms with Gasteiger partial charge in [-0.15, -0.1) is 10.2 Å². The topological polar surface area (TPSA) is 92.3 Å². The predicted molar refractivity (Wildman–Crippen MR) is 127 cm³/mol. The summed E-state index contributed by atoms with van der Waals surface area (Å²) in [7, 11) is -2.32. The number of hydrogen-bond acceptors (Lipinski definition) is 6. The second-order valence-electron chi connectivity index (χ2n) is 8.07. The summed E-state index contributed by atoms with van der Waals surface area (Å²) >= 11 is 1.39. The van der Waals surface area contributed by atoms with Crippen LogP contribution in [0, 0.1) is 6.92 Å². The van der Waals surface area contributed by atoms with E-state index in [-0.39, 0.29) is 10.5 Å². The van der Waals surface area contributed by atoms with Crippen LogP contribution >= 0.6 is 11.3 Å². The summed E-state index contributed by atoms with van der Waals surface area (Å²) < 4.78 is 27.4. The van der Waals surface area contributed by atoms with E-state index in [2.05, 4.69) is 15.5 Å². The van der Waals surface area contributed by atoms with Crippen molar-refractivity contribution >= 4 is 38.1 Å². The van der Waals surface area contributed by atoms with E-state index >= 15 is 0 Å². The summed E-state index contributed by atoms with van der Waals surface area (Å²) in [5.41, 5.74) is 1.84. The van der Waals surface area contributed by atoms with Gasteiger partial charge in [0.15, 0.2) is 0 Å². The average Bonchev–Trinajstić information content (AvgIpc) is 3.28. The number of carbonyl (C=O) groups excluding carboxylic acids is 1. The highest BCUT2D eigenvalue weighted by atomic mass is 32.2. The molecule has 3 aromatic rings. The molecule has 0 radical (unpaired) electrons. The normalized spacial score (nSPS) is 14.8. The summed E-state index contributed by atoms with van der Waals surface area (Å²) in [6, 6.07) is 13.2. The van der Waals surface area contributed by atoms with Crippen LogP contribution in [0.3, 0.4) is 0 Å². The Balaban J connectivity index is 1.50. The molecular weight excluding hydrogens is 444 g/mol. The number of benzene rings is 2. The number of hydrogen-bond donors (Lipinski definition) is 1. The summed E-state index contributed by atoms with van der Waals surface area (Å²) in [5, 5.41) is 12.5. The van der Waals surface area contributed by atoms with Crippen LogP contribution in [0.2, 0.25) is 0 Å². The van der Waals surface area contributed by atoms with Crippen molar-refractivity contribution in [1.82, 2.24) is 10.2 Å². The van der Waals surface area contributed by atoms with E-state index in [1.54, 1.807) is 24.3 Å². The van der Waals surface area contributed by atoms with Gasteiger partial charge in [0.05, 0.1) is 10.6 Å². The molecule has 32 heavy (non-hydrogen) atoms. The van der Waals surface area contributed by atoms with Crippen LogP contribution < -0.4 is 9.62 Å². The van der Waals surface area contributed by atoms with Crippen LogP contribution in [-0.2, 0) is 10.0 Å². The summed E-state index contributed by atoms with van der Waals surface area (Å²) in [6.45, 7) is 1.94. The van der Waals surface area contributed by atoms with Crippen molar-refractivity contribution < 1.29 is 13.2 Å². The molecule has 1 aliphatic carbocycles. The SMILES string of the molecule is Cc1ccc(N(C)S(=O)(=O)c2cccc(C(=O)Nc3nnc(C4CCCCC4)s3)c2)cc1. The average molecular weight is 471 g/mol. The van der Waals surface area contributed by atoms with Gasteiger partial charge in [-0.3, -0.25) is 14.4 Å². The molecule has 2 aromatic carbocycles. The quantitative estimate of drug-likeness (QED) is 0.549. The third-order valence-electron chi connectivity index (χ3n) is 5.77. The first-order valence-electron chi connectivity index (χ1n) is 10.6. The molecule has 7 nitrogen and oxygen atoms in total. The van der Waals surface area contributed by atoms with Crippen molar-refractivity contribution in [2.24, 2.45) is 0 Å². The van der Waals surface area contributed by atoms with Crippen molar-refractivity contribution in [3.63, 3.8) is 0 Å². The van der Waals surface area contributed by atoms with Gasteiger partial charge in [-0.05, 0) is 50.1 Å². The van der Waals surface area contributed by atoms with Gasteiger partial charge >= 0.3 is 0 Å². The highest BCUT2D eigenvalue weighted by Crippen LogP contribution is 2.35. The molecule has 9 heteroatoms. The molecule has 1 fully saturated rings. The maximum absolute atomic E-state index is 13.1. The van der Waals surface area contributed by atoms with E-state index in [9.17, 15) is 13.2 Å². The largest absolute Gasteiger partial charge is 0.296 e. The fraction of sp³-hybridized carbons (Fsp3) is 0.348. The molecule has 0 spiro atoms. The van der Waals surface area contributed by atoms with Crippen LogP contribution in [0.25, 0.3) is 0 Å². The zero-order valence-corrected chi connectivity index (χ0v) is 19.7. The lowest BCUT2D eigenvalue weighted by atomic mass is 9.90. The number of nitrogens with one attached hydrogen (secondary N) is 1. The fourth-order valence-electron chi connectivity index (χ4n) is 3.82. The number of carbonyl (C=O) groups is 1. The molecule has 1 heterocycles. The Labute approximate surface area is 192 Å². The number of nitrogens with zero attached hydrogens (tertiary/aromatic N) is 3. The number of sulfonamides is 1. The van der Waals surface area contributed by atoms with Crippen molar-refractivity contribution in [3.8, 4) is 0 Å². The summed E-state index contributed by atoms with van der Waals surface area (Å²) in [5.74, 6) is 0.00377. The van der Waals surface area contributed by atoms with Crippen molar-refractivity contribution in [2.75, 3.05) is 16.7 Å². The highest BCUT2D eigenvalue weighted by Gasteiger charge is 2.23. The molecule has 168 valence electrons. The molecule has 1 N–H and O–H groups in total. The predicted octanol–water partition coefficient (Wildman–Crippen LogP) is 4.97. The van der Waals surface area contributed by atoms with Gasteiger partial charge in [0.1, 0.15) is 5.01 Å². The molecule has 1 aliphatic rings. The molecule has 1 amide bonds. The first-order chi connectivity index (χ1) is 15.3. The maximum atomic E-state index is 13.1. The highest BCUT2D eigenvalue weighted by molar-refractivity contribution is 7.92. The Kier molecular flexibility index (Phi) is 6.57. The molecule has 0 atom stereocenters. The standard InChI is InChI=1S/C23H26N4O3S2/c1-16-11-13-19(14-12-16)27(2)32(29,30)20-10-6-9-18(15-20)21(28)24-23-26-25-22(31-23)17-7-4-3-5-8-17/h6,9-15,17H,3-5,7-8H2,1-2H3,(H,24,26,28). The lowest BCUT2D eigenvalue weighted by Gasteiger charge is -2.20. The first kappa shape index (κ1) is 22.4. The van der Waals surface area contributed by atoms with Crippen LogP contribution in [0.4, 0.5) is 10.8 Å². The van der Waals surface area contributed by atoms with E-state index in [1.807, 2.05) is 19.1 Å². The van der Waals surface area contributed by atoms with Gasteiger partial charge in [0.25, 0.3) is 15.9 Å². The molecule has 0 saturated heterocycles. The zero-order valence-electron chi connectivity index (χ0n) is 18.1. The van der Waals surface area contributed by atoms with Gasteiger partial charge in [-0.2, -0.15) is 0 Å².